The largest absolute Gasteiger partial charge is 0.310 e. The van der Waals surface area contributed by atoms with Crippen molar-refractivity contribution >= 4 is 15.9 Å². The molecule has 1 saturated heterocycles. The molecule has 0 bridgehead atoms. The fraction of sp³-hybridized carbons (Fsp3) is 0.400. The summed E-state index contributed by atoms with van der Waals surface area (Å²) in [5, 5.41) is 3.28. The zero-order valence-corrected chi connectivity index (χ0v) is 8.77. The maximum atomic E-state index is 13.4. The zero-order valence-electron chi connectivity index (χ0n) is 7.19. The Hall–Kier alpha value is -0.410. The normalized spacial score (nSPS) is 22.2. The van der Waals surface area contributed by atoms with Crippen LogP contribution in [0.4, 0.5) is 4.39 Å². The Labute approximate surface area is 85.5 Å². The van der Waals surface area contributed by atoms with Crippen LogP contribution in [0.25, 0.3) is 0 Å². The van der Waals surface area contributed by atoms with Crippen molar-refractivity contribution < 1.29 is 4.39 Å². The van der Waals surface area contributed by atoms with Gasteiger partial charge in [0.1, 0.15) is 5.82 Å². The quantitative estimate of drug-likeness (QED) is 0.800. The summed E-state index contributed by atoms with van der Waals surface area (Å²) in [7, 11) is 0. The molecular formula is C10H11BrFN. The van der Waals surface area contributed by atoms with Crippen LogP contribution in [0.1, 0.15) is 24.4 Å². The SMILES string of the molecule is Fc1cc(Br)ccc1C1CCCN1. The van der Waals surface area contributed by atoms with Crippen LogP contribution >= 0.6 is 15.9 Å². The topological polar surface area (TPSA) is 12.0 Å². The standard InChI is InChI=1S/C10H11BrFN/c11-7-3-4-8(9(12)6-7)10-2-1-5-13-10/h3-4,6,10,13H,1-2,5H2. The van der Waals surface area contributed by atoms with Crippen LogP contribution in [0.5, 0.6) is 0 Å². The van der Waals surface area contributed by atoms with Gasteiger partial charge in [0.05, 0.1) is 0 Å². The fourth-order valence-electron chi connectivity index (χ4n) is 1.73. The summed E-state index contributed by atoms with van der Waals surface area (Å²) in [5.74, 6) is -0.117. The van der Waals surface area contributed by atoms with E-state index >= 15 is 0 Å². The molecule has 0 amide bonds. The van der Waals surface area contributed by atoms with Gasteiger partial charge in [-0.1, -0.05) is 22.0 Å². The fourth-order valence-corrected chi connectivity index (χ4v) is 2.07. The average Bonchev–Trinajstić information content (AvgIpc) is 2.56. The maximum absolute atomic E-state index is 13.4. The van der Waals surface area contributed by atoms with E-state index < -0.39 is 0 Å². The van der Waals surface area contributed by atoms with Gasteiger partial charge in [0, 0.05) is 16.1 Å². The van der Waals surface area contributed by atoms with E-state index in [2.05, 4.69) is 21.2 Å². The van der Waals surface area contributed by atoms with E-state index in [0.29, 0.717) is 0 Å². The molecule has 0 spiro atoms. The molecule has 1 N–H and O–H groups in total. The van der Waals surface area contributed by atoms with Crippen LogP contribution in [-0.4, -0.2) is 6.54 Å². The van der Waals surface area contributed by atoms with Crippen molar-refractivity contribution in [3.8, 4) is 0 Å². The van der Waals surface area contributed by atoms with Gasteiger partial charge in [-0.2, -0.15) is 0 Å². The molecular weight excluding hydrogens is 233 g/mol. The van der Waals surface area contributed by atoms with Gasteiger partial charge in [-0.15, -0.1) is 0 Å². The highest BCUT2D eigenvalue weighted by Crippen LogP contribution is 2.26. The molecule has 0 radical (unpaired) electrons. The molecule has 0 aliphatic carbocycles. The van der Waals surface area contributed by atoms with Crippen molar-refractivity contribution in [2.45, 2.75) is 18.9 Å². The second-order valence-electron chi connectivity index (χ2n) is 3.31. The summed E-state index contributed by atoms with van der Waals surface area (Å²) in [6.45, 7) is 1.00. The molecule has 1 aliphatic heterocycles. The van der Waals surface area contributed by atoms with Crippen LogP contribution in [0.15, 0.2) is 22.7 Å². The highest BCUT2D eigenvalue weighted by Gasteiger charge is 2.19. The third kappa shape index (κ3) is 1.92. The monoisotopic (exact) mass is 243 g/mol. The summed E-state index contributed by atoms with van der Waals surface area (Å²) in [6, 6.07) is 5.48. The molecule has 1 nitrogen and oxygen atoms in total. The molecule has 1 aromatic rings. The predicted molar refractivity (Wildman–Crippen MR) is 54.1 cm³/mol. The lowest BCUT2D eigenvalue weighted by molar-refractivity contribution is 0.558. The first-order valence-corrected chi connectivity index (χ1v) is 5.25. The minimum atomic E-state index is -0.117. The number of hydrogen-bond acceptors (Lipinski definition) is 1. The first kappa shape index (κ1) is 9.16. The Kier molecular flexibility index (Phi) is 2.65. The number of halogens is 2. The Bertz CT molecular complexity index is 308. The molecule has 2 rings (SSSR count). The van der Waals surface area contributed by atoms with E-state index in [9.17, 15) is 4.39 Å². The summed E-state index contributed by atoms with van der Waals surface area (Å²) < 4.78 is 14.2. The minimum absolute atomic E-state index is 0.117. The Morgan fingerprint density at radius 3 is 2.92 bits per heavy atom. The molecule has 70 valence electrons. The van der Waals surface area contributed by atoms with E-state index in [1.807, 2.05) is 12.1 Å². The average molecular weight is 244 g/mol. The first-order chi connectivity index (χ1) is 6.27. The van der Waals surface area contributed by atoms with Crippen LogP contribution in [0.3, 0.4) is 0 Å². The molecule has 0 saturated carbocycles. The molecule has 13 heavy (non-hydrogen) atoms. The van der Waals surface area contributed by atoms with Gasteiger partial charge in [-0.3, -0.25) is 0 Å². The molecule has 1 heterocycles. The van der Waals surface area contributed by atoms with Crippen molar-refractivity contribution in [1.82, 2.24) is 5.32 Å². The van der Waals surface area contributed by atoms with Gasteiger partial charge in [0.2, 0.25) is 0 Å². The summed E-state index contributed by atoms with van der Waals surface area (Å²) >= 11 is 3.24. The van der Waals surface area contributed by atoms with E-state index in [1.165, 1.54) is 6.07 Å². The number of rotatable bonds is 1. The lowest BCUT2D eigenvalue weighted by Gasteiger charge is -2.11. The van der Waals surface area contributed by atoms with E-state index in [0.717, 1.165) is 29.4 Å². The summed E-state index contributed by atoms with van der Waals surface area (Å²) in [4.78, 5) is 0. The van der Waals surface area contributed by atoms with Crippen LogP contribution in [0.2, 0.25) is 0 Å². The smallest absolute Gasteiger partial charge is 0.129 e. The summed E-state index contributed by atoms with van der Waals surface area (Å²) in [6.07, 6.45) is 2.18. The van der Waals surface area contributed by atoms with Crippen molar-refractivity contribution in [3.05, 3.63) is 34.1 Å². The Morgan fingerprint density at radius 1 is 1.46 bits per heavy atom. The number of benzene rings is 1. The predicted octanol–water partition coefficient (Wildman–Crippen LogP) is 3.01. The van der Waals surface area contributed by atoms with Crippen LogP contribution in [0, 0.1) is 5.82 Å². The van der Waals surface area contributed by atoms with Gasteiger partial charge in [-0.25, -0.2) is 4.39 Å². The highest BCUT2D eigenvalue weighted by molar-refractivity contribution is 9.10. The van der Waals surface area contributed by atoms with E-state index in [-0.39, 0.29) is 11.9 Å². The maximum Gasteiger partial charge on any atom is 0.129 e. The first-order valence-electron chi connectivity index (χ1n) is 4.46. The molecule has 1 unspecified atom stereocenters. The second kappa shape index (κ2) is 3.76. The van der Waals surface area contributed by atoms with Crippen molar-refractivity contribution in [1.29, 1.82) is 0 Å². The van der Waals surface area contributed by atoms with Gasteiger partial charge < -0.3 is 5.32 Å². The number of nitrogens with one attached hydrogen (secondary N) is 1. The molecule has 1 aliphatic rings. The van der Waals surface area contributed by atoms with Crippen molar-refractivity contribution in [2.75, 3.05) is 6.54 Å². The van der Waals surface area contributed by atoms with Crippen molar-refractivity contribution in [3.63, 3.8) is 0 Å². The van der Waals surface area contributed by atoms with Gasteiger partial charge in [-0.05, 0) is 31.5 Å². The molecule has 1 atom stereocenters. The Morgan fingerprint density at radius 2 is 2.31 bits per heavy atom. The van der Waals surface area contributed by atoms with Crippen molar-refractivity contribution in [2.24, 2.45) is 0 Å². The van der Waals surface area contributed by atoms with Crippen LogP contribution < -0.4 is 5.32 Å². The molecule has 1 fully saturated rings. The molecule has 3 heteroatoms. The molecule has 0 aromatic heterocycles. The van der Waals surface area contributed by atoms with Gasteiger partial charge in [0.15, 0.2) is 0 Å². The van der Waals surface area contributed by atoms with Crippen LogP contribution in [-0.2, 0) is 0 Å². The lowest BCUT2D eigenvalue weighted by atomic mass is 10.1. The Balaban J connectivity index is 2.29. The third-order valence-corrected chi connectivity index (χ3v) is 2.89. The lowest BCUT2D eigenvalue weighted by Crippen LogP contribution is -2.14. The molecule has 1 aromatic carbocycles. The van der Waals surface area contributed by atoms with Gasteiger partial charge in [0.25, 0.3) is 0 Å². The van der Waals surface area contributed by atoms with Gasteiger partial charge >= 0.3 is 0 Å². The summed E-state index contributed by atoms with van der Waals surface area (Å²) in [5.41, 5.74) is 0.792. The number of hydrogen-bond donors (Lipinski definition) is 1. The van der Waals surface area contributed by atoms with E-state index in [4.69, 9.17) is 0 Å². The van der Waals surface area contributed by atoms with E-state index in [1.54, 1.807) is 0 Å². The second-order valence-corrected chi connectivity index (χ2v) is 4.23. The third-order valence-electron chi connectivity index (χ3n) is 2.40. The highest BCUT2D eigenvalue weighted by atomic mass is 79.9. The minimum Gasteiger partial charge on any atom is -0.310 e. The zero-order chi connectivity index (χ0) is 9.26.